The van der Waals surface area contributed by atoms with Crippen molar-refractivity contribution < 1.29 is 45.2 Å². The maximum Gasteiger partial charge on any atom is 0.255 e. The Morgan fingerprint density at radius 3 is 2.27 bits per heavy atom. The number of anilines is 1. The molecule has 2 aromatic rings. The fraction of sp³-hybridized carbons (Fsp3) is 0.276. The summed E-state index contributed by atoms with van der Waals surface area (Å²) in [6, 6.07) is 7.68. The van der Waals surface area contributed by atoms with Crippen LogP contribution in [0.5, 0.6) is 5.75 Å². The first kappa shape index (κ1) is 27.9. The first-order valence-electron chi connectivity index (χ1n) is 12.6. The number of aliphatic hydroxyl groups excluding tert-OH is 2. The van der Waals surface area contributed by atoms with Gasteiger partial charge in [0.05, 0.1) is 17.3 Å². The quantitative estimate of drug-likeness (QED) is 0.160. The number of Topliss-reactive ketones (excluding diaryl/α,β-unsaturated/α-hetero) is 2. The molecule has 0 aliphatic heterocycles. The maximum absolute atomic E-state index is 13.9. The Morgan fingerprint density at radius 1 is 1.02 bits per heavy atom. The number of aliphatic hydroxyl groups is 3. The standard InChI is InChI=1S/C29H27N3O9/c1-31(2)23-18-12-15-11-17-14(6-3-13-4-8-16(9-5-13)32(40)41)7-10-19(33)21(17)24(34)20(15)26(36)29(18,39)27(37)22(25(23)35)28(30)38/h4-5,7-10,15,18,23,33-34,37,39-41H,11-12H2,1-2H3,(H2,30,38). The molecule has 3 aliphatic rings. The van der Waals surface area contributed by atoms with Gasteiger partial charge < -0.3 is 26.2 Å². The third-order valence-corrected chi connectivity index (χ3v) is 8.04. The Morgan fingerprint density at radius 2 is 1.68 bits per heavy atom. The highest BCUT2D eigenvalue weighted by atomic mass is 16.8. The molecule has 3 aliphatic carbocycles. The van der Waals surface area contributed by atoms with Crippen LogP contribution >= 0.6 is 0 Å². The summed E-state index contributed by atoms with van der Waals surface area (Å²) in [6.07, 6.45) is 0.0739. The van der Waals surface area contributed by atoms with Crippen LogP contribution in [0.4, 0.5) is 5.69 Å². The number of benzene rings is 2. The van der Waals surface area contributed by atoms with E-state index in [1.807, 2.05) is 0 Å². The van der Waals surface area contributed by atoms with E-state index in [4.69, 9.17) is 16.1 Å². The monoisotopic (exact) mass is 561 g/mol. The summed E-state index contributed by atoms with van der Waals surface area (Å²) >= 11 is 0. The molecule has 2 aromatic carbocycles. The highest BCUT2D eigenvalue weighted by Crippen LogP contribution is 2.52. The second-order valence-corrected chi connectivity index (χ2v) is 10.5. The highest BCUT2D eigenvalue weighted by Gasteiger charge is 2.64. The lowest BCUT2D eigenvalue weighted by Crippen LogP contribution is -2.65. The largest absolute Gasteiger partial charge is 0.508 e. The van der Waals surface area contributed by atoms with Crippen molar-refractivity contribution >= 4 is 28.9 Å². The van der Waals surface area contributed by atoms with Gasteiger partial charge in [-0.25, -0.2) is 0 Å². The number of carbonyl (C=O) groups excluding carboxylic acids is 3. The number of amides is 1. The van der Waals surface area contributed by atoms with Crippen LogP contribution in [0.3, 0.4) is 0 Å². The van der Waals surface area contributed by atoms with Gasteiger partial charge in [-0.1, -0.05) is 11.8 Å². The topological polar surface area (TPSA) is 205 Å². The van der Waals surface area contributed by atoms with Gasteiger partial charge >= 0.3 is 0 Å². The van der Waals surface area contributed by atoms with Crippen molar-refractivity contribution in [2.75, 3.05) is 19.3 Å². The minimum atomic E-state index is -2.71. The maximum atomic E-state index is 13.9. The lowest BCUT2D eigenvalue weighted by molar-refractivity contribution is -0.153. The van der Waals surface area contributed by atoms with Crippen LogP contribution < -0.4 is 11.0 Å². The van der Waals surface area contributed by atoms with Gasteiger partial charge in [-0.2, -0.15) is 0 Å². The smallest absolute Gasteiger partial charge is 0.255 e. The number of nitrogens with two attached hydrogens (primary N) is 1. The Balaban J connectivity index is 1.64. The van der Waals surface area contributed by atoms with Crippen molar-refractivity contribution in [3.8, 4) is 17.6 Å². The molecule has 1 amide bonds. The number of nitrogens with zero attached hydrogens (tertiary/aromatic N) is 2. The van der Waals surface area contributed by atoms with E-state index >= 15 is 0 Å². The van der Waals surface area contributed by atoms with Crippen molar-refractivity contribution in [1.29, 1.82) is 0 Å². The third kappa shape index (κ3) is 4.14. The zero-order chi connectivity index (χ0) is 30.0. The summed E-state index contributed by atoms with van der Waals surface area (Å²) in [7, 11) is 3.06. The van der Waals surface area contributed by atoms with E-state index in [9.17, 15) is 34.8 Å². The lowest BCUT2D eigenvalue weighted by atomic mass is 9.57. The highest BCUT2D eigenvalue weighted by molar-refractivity contribution is 6.24. The van der Waals surface area contributed by atoms with Crippen LogP contribution in [0.2, 0.25) is 0 Å². The number of carbonyl (C=O) groups is 3. The van der Waals surface area contributed by atoms with Crippen molar-refractivity contribution in [2.24, 2.45) is 17.6 Å². The van der Waals surface area contributed by atoms with Crippen molar-refractivity contribution in [2.45, 2.75) is 24.5 Å². The molecule has 5 rings (SSSR count). The van der Waals surface area contributed by atoms with Crippen molar-refractivity contribution in [1.82, 2.24) is 4.90 Å². The van der Waals surface area contributed by atoms with Crippen molar-refractivity contribution in [3.63, 3.8) is 0 Å². The normalized spacial score (nSPS) is 25.3. The molecule has 0 radical (unpaired) electrons. The average Bonchev–Trinajstić information content (AvgIpc) is 2.90. The molecule has 0 aromatic heterocycles. The lowest BCUT2D eigenvalue weighted by Gasteiger charge is -2.50. The summed E-state index contributed by atoms with van der Waals surface area (Å²) in [5.41, 5.74) is 3.00. The molecule has 0 heterocycles. The van der Waals surface area contributed by atoms with Gasteiger partial charge in [-0.05, 0) is 74.8 Å². The SMILES string of the molecule is CN(C)C1C(=O)C(C(N)=O)=C(O)C2(O)C(=O)C3=C(O)c4c(O)ccc(C#Cc5ccc(N(O)O)cc5)c4CC3CC12. The zero-order valence-corrected chi connectivity index (χ0v) is 22.0. The average molecular weight is 562 g/mol. The fourth-order valence-electron chi connectivity index (χ4n) is 6.18. The predicted octanol–water partition coefficient (Wildman–Crippen LogP) is 0.949. The molecule has 0 saturated heterocycles. The number of hydrogen-bond donors (Lipinski definition) is 7. The number of likely N-dealkylation sites (N-methyl/N-ethyl adjacent to an activating group) is 1. The molecule has 212 valence electrons. The van der Waals surface area contributed by atoms with E-state index in [0.29, 0.717) is 16.7 Å². The third-order valence-electron chi connectivity index (χ3n) is 8.04. The molecule has 0 bridgehead atoms. The van der Waals surface area contributed by atoms with E-state index in [2.05, 4.69) is 11.8 Å². The van der Waals surface area contributed by atoms with E-state index in [-0.39, 0.29) is 40.6 Å². The van der Waals surface area contributed by atoms with Crippen LogP contribution in [-0.4, -0.2) is 79.0 Å². The molecule has 41 heavy (non-hydrogen) atoms. The van der Waals surface area contributed by atoms with E-state index in [1.165, 1.54) is 37.2 Å². The van der Waals surface area contributed by atoms with E-state index < -0.39 is 58.0 Å². The second-order valence-electron chi connectivity index (χ2n) is 10.5. The summed E-state index contributed by atoms with van der Waals surface area (Å²) in [4.78, 5) is 40.6. The molecular weight excluding hydrogens is 534 g/mol. The van der Waals surface area contributed by atoms with Gasteiger partial charge in [0, 0.05) is 22.6 Å². The minimum absolute atomic E-state index is 0.0300. The van der Waals surface area contributed by atoms with Gasteiger partial charge in [-0.15, -0.1) is 5.23 Å². The fourth-order valence-corrected chi connectivity index (χ4v) is 6.18. The number of primary amides is 1. The van der Waals surface area contributed by atoms with Gasteiger partial charge in [0.25, 0.3) is 5.91 Å². The number of fused-ring (bicyclic) bond motifs is 3. The first-order valence-corrected chi connectivity index (χ1v) is 12.6. The molecular formula is C29H27N3O9. The second kappa shape index (κ2) is 9.76. The van der Waals surface area contributed by atoms with E-state index in [1.54, 1.807) is 18.2 Å². The van der Waals surface area contributed by atoms with Crippen LogP contribution in [0.25, 0.3) is 5.76 Å². The summed E-state index contributed by atoms with van der Waals surface area (Å²) < 4.78 is 0. The Kier molecular flexibility index (Phi) is 6.63. The van der Waals surface area contributed by atoms with Gasteiger partial charge in [0.15, 0.2) is 11.4 Å². The number of rotatable bonds is 3. The number of phenolic OH excluding ortho intramolecular Hbond substituents is 1. The molecule has 8 N–H and O–H groups in total. The Labute approximate surface area is 233 Å². The zero-order valence-electron chi connectivity index (χ0n) is 22.0. The van der Waals surface area contributed by atoms with Gasteiger partial charge in [0.2, 0.25) is 5.78 Å². The van der Waals surface area contributed by atoms with Gasteiger partial charge in [-0.3, -0.25) is 29.7 Å². The molecule has 12 heteroatoms. The van der Waals surface area contributed by atoms with Crippen LogP contribution in [-0.2, 0) is 20.8 Å². The number of hydrogen-bond acceptors (Lipinski definition) is 11. The number of phenols is 1. The minimum Gasteiger partial charge on any atom is -0.508 e. The molecule has 0 spiro atoms. The number of aromatic hydroxyl groups is 1. The molecule has 1 fully saturated rings. The van der Waals surface area contributed by atoms with Gasteiger partial charge in [0.1, 0.15) is 22.8 Å². The van der Waals surface area contributed by atoms with Crippen LogP contribution in [0.15, 0.2) is 53.3 Å². The predicted molar refractivity (Wildman–Crippen MR) is 143 cm³/mol. The molecule has 12 nitrogen and oxygen atoms in total. The summed E-state index contributed by atoms with van der Waals surface area (Å²) in [5, 5.41) is 62.8. The van der Waals surface area contributed by atoms with Crippen LogP contribution in [0, 0.1) is 23.7 Å². The molecule has 1 saturated carbocycles. The first-order chi connectivity index (χ1) is 19.3. The Bertz CT molecular complexity index is 1630. The molecule has 4 atom stereocenters. The number of ketones is 2. The molecule has 4 unspecified atom stereocenters. The van der Waals surface area contributed by atoms with Crippen LogP contribution in [0.1, 0.15) is 28.7 Å². The van der Waals surface area contributed by atoms with E-state index in [0.717, 1.165) is 0 Å². The summed E-state index contributed by atoms with van der Waals surface area (Å²) in [6.45, 7) is 0. The van der Waals surface area contributed by atoms with Crippen molar-refractivity contribution in [3.05, 3.63) is 75.6 Å². The summed E-state index contributed by atoms with van der Waals surface area (Å²) in [5.74, 6) is -1.26. The Hall–Kier alpha value is -4.67.